The molecule has 2 saturated heterocycles. The molecule has 1 aromatic carbocycles. The minimum atomic E-state index is -0.603. The van der Waals surface area contributed by atoms with Crippen LogP contribution in [0, 0.1) is 5.41 Å². The SMILES string of the molecule is O=C(NO)c1cnc(N2CCC3(CN(Cc4ccc5ncccc5c4)C3)C2)nc1. The number of hydroxylamine groups is 1. The Morgan fingerprint density at radius 1 is 1.14 bits per heavy atom. The van der Waals surface area contributed by atoms with Gasteiger partial charge >= 0.3 is 0 Å². The van der Waals surface area contributed by atoms with E-state index in [1.165, 1.54) is 23.3 Å². The molecule has 3 aromatic rings. The molecule has 1 amide bonds. The summed E-state index contributed by atoms with van der Waals surface area (Å²) in [6, 6.07) is 10.6. The van der Waals surface area contributed by atoms with E-state index in [2.05, 4.69) is 49.0 Å². The fourth-order valence-corrected chi connectivity index (χ4v) is 4.53. The van der Waals surface area contributed by atoms with Gasteiger partial charge in [0.15, 0.2) is 0 Å². The van der Waals surface area contributed by atoms with Crippen molar-refractivity contribution in [3.8, 4) is 0 Å². The Morgan fingerprint density at radius 3 is 2.76 bits per heavy atom. The van der Waals surface area contributed by atoms with Crippen LogP contribution in [0.15, 0.2) is 48.9 Å². The summed E-state index contributed by atoms with van der Waals surface area (Å²) in [4.78, 5) is 29.0. The maximum absolute atomic E-state index is 11.4. The van der Waals surface area contributed by atoms with Crippen molar-refractivity contribution in [1.82, 2.24) is 25.3 Å². The maximum atomic E-state index is 11.4. The van der Waals surface area contributed by atoms with Gasteiger partial charge in [0.25, 0.3) is 5.91 Å². The lowest BCUT2D eigenvalue weighted by Gasteiger charge is -2.48. The van der Waals surface area contributed by atoms with Gasteiger partial charge in [-0.1, -0.05) is 12.1 Å². The van der Waals surface area contributed by atoms with E-state index in [9.17, 15) is 4.79 Å². The number of pyridine rings is 1. The van der Waals surface area contributed by atoms with Crippen molar-refractivity contribution in [3.63, 3.8) is 0 Å². The van der Waals surface area contributed by atoms with E-state index in [1.54, 1.807) is 5.48 Å². The highest BCUT2D eigenvalue weighted by molar-refractivity contribution is 5.92. The van der Waals surface area contributed by atoms with Crippen LogP contribution in [0.1, 0.15) is 22.3 Å². The molecule has 0 bridgehead atoms. The average molecular weight is 390 g/mol. The Labute approximate surface area is 168 Å². The molecule has 4 heterocycles. The number of carbonyl (C=O) groups is 1. The first-order chi connectivity index (χ1) is 14.1. The zero-order valence-corrected chi connectivity index (χ0v) is 16.0. The quantitative estimate of drug-likeness (QED) is 0.519. The van der Waals surface area contributed by atoms with Crippen molar-refractivity contribution < 1.29 is 10.0 Å². The molecule has 8 nitrogen and oxygen atoms in total. The third kappa shape index (κ3) is 3.41. The van der Waals surface area contributed by atoms with E-state index in [0.29, 0.717) is 11.4 Å². The van der Waals surface area contributed by atoms with Crippen LogP contribution in [0.25, 0.3) is 10.9 Å². The number of likely N-dealkylation sites (tertiary alicyclic amines) is 1. The Bertz CT molecular complexity index is 1050. The van der Waals surface area contributed by atoms with Gasteiger partial charge in [-0.2, -0.15) is 0 Å². The summed E-state index contributed by atoms with van der Waals surface area (Å²) in [6.07, 6.45) is 5.83. The summed E-state index contributed by atoms with van der Waals surface area (Å²) >= 11 is 0. The van der Waals surface area contributed by atoms with Crippen molar-refractivity contribution in [2.75, 3.05) is 31.1 Å². The molecule has 29 heavy (non-hydrogen) atoms. The molecule has 2 aliphatic heterocycles. The fraction of sp³-hybridized carbons (Fsp3) is 0.333. The van der Waals surface area contributed by atoms with Crippen molar-refractivity contribution in [3.05, 3.63) is 60.0 Å². The van der Waals surface area contributed by atoms with E-state index in [-0.39, 0.29) is 5.56 Å². The highest BCUT2D eigenvalue weighted by Crippen LogP contribution is 2.41. The smallest absolute Gasteiger partial charge is 0.277 e. The zero-order chi connectivity index (χ0) is 19.8. The second kappa shape index (κ2) is 7.06. The number of nitrogens with one attached hydrogen (secondary N) is 1. The second-order valence-electron chi connectivity index (χ2n) is 8.06. The van der Waals surface area contributed by atoms with E-state index in [4.69, 9.17) is 5.21 Å². The highest BCUT2D eigenvalue weighted by Gasteiger charge is 2.47. The van der Waals surface area contributed by atoms with Gasteiger partial charge in [-0.25, -0.2) is 15.4 Å². The normalized spacial score (nSPS) is 18.2. The Kier molecular flexibility index (Phi) is 4.37. The monoisotopic (exact) mass is 390 g/mol. The number of hydrogen-bond acceptors (Lipinski definition) is 7. The third-order valence-electron chi connectivity index (χ3n) is 5.91. The summed E-state index contributed by atoms with van der Waals surface area (Å²) in [7, 11) is 0. The third-order valence-corrected chi connectivity index (χ3v) is 5.91. The molecule has 0 radical (unpaired) electrons. The minimum absolute atomic E-state index is 0.241. The van der Waals surface area contributed by atoms with Gasteiger partial charge < -0.3 is 4.90 Å². The van der Waals surface area contributed by atoms with Crippen LogP contribution in [0.4, 0.5) is 5.95 Å². The first-order valence-corrected chi connectivity index (χ1v) is 9.72. The summed E-state index contributed by atoms with van der Waals surface area (Å²) in [5, 5.41) is 9.87. The number of hydrogen-bond donors (Lipinski definition) is 2. The molecule has 2 N–H and O–H groups in total. The van der Waals surface area contributed by atoms with Crippen LogP contribution in [0.2, 0.25) is 0 Å². The van der Waals surface area contributed by atoms with Gasteiger partial charge in [0, 0.05) is 62.1 Å². The summed E-state index contributed by atoms with van der Waals surface area (Å²) in [6.45, 7) is 4.94. The molecule has 1 spiro atoms. The van der Waals surface area contributed by atoms with Crippen LogP contribution in [0.5, 0.6) is 0 Å². The molecule has 2 aromatic heterocycles. The van der Waals surface area contributed by atoms with Crippen LogP contribution >= 0.6 is 0 Å². The minimum Gasteiger partial charge on any atom is -0.340 e. The topological polar surface area (TPSA) is 94.5 Å². The van der Waals surface area contributed by atoms with Crippen LogP contribution < -0.4 is 10.4 Å². The molecule has 5 rings (SSSR count). The van der Waals surface area contributed by atoms with Gasteiger partial charge in [-0.05, 0) is 30.2 Å². The van der Waals surface area contributed by atoms with Gasteiger partial charge in [0.1, 0.15) is 0 Å². The number of carbonyl (C=O) groups excluding carboxylic acids is 1. The highest BCUT2D eigenvalue weighted by atomic mass is 16.5. The van der Waals surface area contributed by atoms with E-state index < -0.39 is 5.91 Å². The molecular weight excluding hydrogens is 368 g/mol. The number of rotatable bonds is 4. The lowest BCUT2D eigenvalue weighted by molar-refractivity contribution is 0.0117. The number of benzene rings is 1. The first kappa shape index (κ1) is 18.0. The summed E-state index contributed by atoms with van der Waals surface area (Å²) in [5.74, 6) is 0.0328. The van der Waals surface area contributed by atoms with Crippen molar-refractivity contribution in [1.29, 1.82) is 0 Å². The molecule has 2 aliphatic rings. The fourth-order valence-electron chi connectivity index (χ4n) is 4.53. The number of amides is 1. The molecule has 0 aliphatic carbocycles. The standard InChI is InChI=1S/C21H22N6O2/c28-19(25-29)17-9-23-20(24-10-17)27-7-5-21(14-27)12-26(13-21)11-15-3-4-18-16(8-15)2-1-6-22-18/h1-4,6,8-10,29H,5,7,11-14H2,(H,25,28). The summed E-state index contributed by atoms with van der Waals surface area (Å²) in [5.41, 5.74) is 4.48. The van der Waals surface area contributed by atoms with Crippen LogP contribution in [-0.2, 0) is 6.54 Å². The van der Waals surface area contributed by atoms with Crippen molar-refractivity contribution >= 4 is 22.8 Å². The molecule has 8 heteroatoms. The van der Waals surface area contributed by atoms with Crippen molar-refractivity contribution in [2.45, 2.75) is 13.0 Å². The predicted molar refractivity (Wildman–Crippen MR) is 108 cm³/mol. The number of aromatic nitrogens is 3. The van der Waals surface area contributed by atoms with E-state index in [1.807, 2.05) is 12.3 Å². The summed E-state index contributed by atoms with van der Waals surface area (Å²) < 4.78 is 0. The van der Waals surface area contributed by atoms with Gasteiger partial charge in [0.2, 0.25) is 5.95 Å². The lowest BCUT2D eigenvalue weighted by atomic mass is 9.79. The average Bonchev–Trinajstić information content (AvgIpc) is 3.18. The Balaban J connectivity index is 1.19. The van der Waals surface area contributed by atoms with Crippen LogP contribution in [-0.4, -0.2) is 57.1 Å². The Morgan fingerprint density at radius 2 is 1.97 bits per heavy atom. The van der Waals surface area contributed by atoms with Gasteiger partial charge in [-0.3, -0.25) is 19.9 Å². The number of nitrogens with zero attached hydrogens (tertiary/aromatic N) is 5. The van der Waals surface area contributed by atoms with Crippen LogP contribution in [0.3, 0.4) is 0 Å². The molecule has 0 unspecified atom stereocenters. The van der Waals surface area contributed by atoms with Gasteiger partial charge in [-0.15, -0.1) is 0 Å². The Hall–Kier alpha value is -3.10. The molecule has 148 valence electrons. The lowest BCUT2D eigenvalue weighted by Crippen LogP contribution is -2.56. The number of fused-ring (bicyclic) bond motifs is 1. The van der Waals surface area contributed by atoms with Gasteiger partial charge in [0.05, 0.1) is 11.1 Å². The largest absolute Gasteiger partial charge is 0.340 e. The molecule has 0 atom stereocenters. The molecular formula is C21H22N6O2. The van der Waals surface area contributed by atoms with E-state index >= 15 is 0 Å². The molecule has 0 saturated carbocycles. The second-order valence-corrected chi connectivity index (χ2v) is 8.06. The maximum Gasteiger partial charge on any atom is 0.277 e. The predicted octanol–water partition coefficient (Wildman–Crippen LogP) is 1.86. The molecule has 2 fully saturated rings. The van der Waals surface area contributed by atoms with Crippen molar-refractivity contribution in [2.24, 2.45) is 5.41 Å². The zero-order valence-electron chi connectivity index (χ0n) is 16.0. The first-order valence-electron chi connectivity index (χ1n) is 9.72. The number of anilines is 1. The van der Waals surface area contributed by atoms with E-state index in [0.717, 1.165) is 44.7 Å².